The second kappa shape index (κ2) is 24.3. The Bertz CT molecular complexity index is 2950. The topological polar surface area (TPSA) is 211 Å². The summed E-state index contributed by atoms with van der Waals surface area (Å²) >= 11 is 9.45. The molecule has 390 valence electrons. The zero-order valence-electron chi connectivity index (χ0n) is 42.4. The molecule has 0 bridgehead atoms. The number of amides is 4. The van der Waals surface area contributed by atoms with Gasteiger partial charge < -0.3 is 40.2 Å². The van der Waals surface area contributed by atoms with Crippen molar-refractivity contribution in [3.05, 3.63) is 128 Å². The maximum Gasteiger partial charge on any atom is 0.246 e. The summed E-state index contributed by atoms with van der Waals surface area (Å²) in [6.45, 7) is 13.2. The standard InChI is InChI=1S/C54H62ClN9O8S2/c1-32-34(3)74-53-46(32)47(36-13-15-38(55)16-14-36)60-42(50-62-58-30-64(50)53)26-44(66)59-39-17-19-41(20-18-39)72-24-8-22-70-21-7-23-71-29-45(67)61-49(54(4,5)6)52(69)63-28-40(65)25-43(63)51(68)56-27-35-9-11-37(12-10-35)48-33(2)57-31-73-48/h9-20,30-31,40,42-43,49,65H,7-8,21-29H2,1-6H3,(H,56,68)(H,59,66)(H,61,67)/t40-,42?,43+,49-/m1/s1. The van der Waals surface area contributed by atoms with Gasteiger partial charge in [0.2, 0.25) is 23.6 Å². The number of fused-ring (bicyclic) bond motifs is 3. The highest BCUT2D eigenvalue weighted by Gasteiger charge is 2.44. The van der Waals surface area contributed by atoms with Gasteiger partial charge in [-0.2, -0.15) is 0 Å². The summed E-state index contributed by atoms with van der Waals surface area (Å²) in [7, 11) is 0. The fraction of sp³-hybridized carbons (Fsp3) is 0.407. The molecule has 2 aliphatic heterocycles. The molecular formula is C54H62ClN9O8S2. The molecular weight excluding hydrogens is 1000 g/mol. The van der Waals surface area contributed by atoms with Crippen molar-refractivity contribution in [3.63, 3.8) is 0 Å². The molecule has 4 atom stereocenters. The number of benzene rings is 3. The minimum absolute atomic E-state index is 0.0175. The number of aliphatic hydroxyl groups excluding tert-OH is 1. The molecule has 4 amide bonds. The first-order chi connectivity index (χ1) is 35.5. The fourth-order valence-corrected chi connectivity index (χ4v) is 10.9. The van der Waals surface area contributed by atoms with E-state index in [9.17, 15) is 24.3 Å². The van der Waals surface area contributed by atoms with Gasteiger partial charge in [0.15, 0.2) is 5.82 Å². The van der Waals surface area contributed by atoms with E-state index in [2.05, 4.69) is 45.0 Å². The number of likely N-dealkylation sites (tertiary alicyclic amines) is 1. The van der Waals surface area contributed by atoms with Crippen LogP contribution in [0.25, 0.3) is 15.4 Å². The second-order valence-corrected chi connectivity index (χ2v) is 22.0. The molecule has 1 fully saturated rings. The van der Waals surface area contributed by atoms with E-state index in [0.29, 0.717) is 54.9 Å². The lowest BCUT2D eigenvalue weighted by Gasteiger charge is -2.35. The number of hydrogen-bond donors (Lipinski definition) is 4. The van der Waals surface area contributed by atoms with Crippen molar-refractivity contribution >= 4 is 69.3 Å². The van der Waals surface area contributed by atoms with Gasteiger partial charge in [-0.1, -0.05) is 68.8 Å². The number of halogens is 1. The van der Waals surface area contributed by atoms with Crippen LogP contribution in [0.4, 0.5) is 5.69 Å². The third-order valence-corrected chi connectivity index (χ3v) is 15.3. The number of thiazole rings is 1. The number of anilines is 1. The number of carbonyl (C=O) groups excluding carboxylic acids is 4. The zero-order valence-corrected chi connectivity index (χ0v) is 44.7. The number of carbonyl (C=O) groups is 4. The summed E-state index contributed by atoms with van der Waals surface area (Å²) in [5.41, 5.74) is 8.41. The number of aliphatic imine (C=N–C) groups is 1. The van der Waals surface area contributed by atoms with Crippen LogP contribution in [0.5, 0.6) is 5.75 Å². The van der Waals surface area contributed by atoms with Gasteiger partial charge in [-0.3, -0.25) is 28.7 Å². The van der Waals surface area contributed by atoms with Crippen molar-refractivity contribution in [1.82, 2.24) is 35.3 Å². The van der Waals surface area contributed by atoms with Crippen molar-refractivity contribution in [2.45, 2.75) is 98.0 Å². The van der Waals surface area contributed by atoms with E-state index in [0.717, 1.165) is 54.0 Å². The largest absolute Gasteiger partial charge is 0.494 e. The Balaban J connectivity index is 0.717. The van der Waals surface area contributed by atoms with Crippen molar-refractivity contribution in [2.75, 3.05) is 44.9 Å². The number of hydrogen-bond acceptors (Lipinski definition) is 14. The predicted octanol–water partition coefficient (Wildman–Crippen LogP) is 7.95. The van der Waals surface area contributed by atoms with Crippen LogP contribution < -0.4 is 20.7 Å². The number of rotatable bonds is 21. The normalized spacial score (nSPS) is 16.7. The van der Waals surface area contributed by atoms with Crippen LogP contribution >= 0.6 is 34.3 Å². The van der Waals surface area contributed by atoms with Crippen LogP contribution in [0.2, 0.25) is 5.02 Å². The Labute approximate surface area is 443 Å². The molecule has 0 aliphatic carbocycles. The number of nitrogens with zero attached hydrogens (tertiary/aromatic N) is 6. The van der Waals surface area contributed by atoms with Crippen molar-refractivity contribution < 1.29 is 38.5 Å². The van der Waals surface area contributed by atoms with Gasteiger partial charge in [0, 0.05) is 72.5 Å². The van der Waals surface area contributed by atoms with Gasteiger partial charge in [0.1, 0.15) is 41.8 Å². The van der Waals surface area contributed by atoms with E-state index in [1.54, 1.807) is 53.3 Å². The smallest absolute Gasteiger partial charge is 0.246 e. The van der Waals surface area contributed by atoms with E-state index >= 15 is 0 Å². The first-order valence-electron chi connectivity index (χ1n) is 24.6. The minimum Gasteiger partial charge on any atom is -0.494 e. The van der Waals surface area contributed by atoms with E-state index in [1.807, 2.05) is 86.3 Å². The highest BCUT2D eigenvalue weighted by atomic mass is 35.5. The summed E-state index contributed by atoms with van der Waals surface area (Å²) in [4.78, 5) is 67.1. The van der Waals surface area contributed by atoms with E-state index in [1.165, 1.54) is 4.90 Å². The first-order valence-corrected chi connectivity index (χ1v) is 26.7. The molecule has 0 saturated carbocycles. The lowest BCUT2D eigenvalue weighted by Crippen LogP contribution is -2.58. The molecule has 20 heteroatoms. The summed E-state index contributed by atoms with van der Waals surface area (Å²) in [6, 6.07) is 20.2. The molecule has 2 aliphatic rings. The Morgan fingerprint density at radius 3 is 2.30 bits per heavy atom. The van der Waals surface area contributed by atoms with Crippen LogP contribution in [0, 0.1) is 26.2 Å². The molecule has 8 rings (SSSR count). The molecule has 5 heterocycles. The summed E-state index contributed by atoms with van der Waals surface area (Å²) in [5.74, 6) is -0.266. The number of aromatic nitrogens is 4. The quantitative estimate of drug-likeness (QED) is 0.0508. The van der Waals surface area contributed by atoms with Gasteiger partial charge in [0.05, 0.1) is 40.9 Å². The molecule has 1 unspecified atom stereocenters. The Kier molecular flexibility index (Phi) is 17.7. The van der Waals surface area contributed by atoms with Crippen molar-refractivity contribution in [3.8, 4) is 21.2 Å². The molecule has 74 heavy (non-hydrogen) atoms. The van der Waals surface area contributed by atoms with Crippen molar-refractivity contribution in [1.29, 1.82) is 0 Å². The molecule has 0 spiro atoms. The third-order valence-electron chi connectivity index (χ3n) is 12.8. The molecule has 6 aromatic rings. The minimum atomic E-state index is -0.963. The van der Waals surface area contributed by atoms with E-state index < -0.39 is 41.5 Å². The number of nitrogens with one attached hydrogen (secondary N) is 3. The molecule has 0 radical (unpaired) electrons. The van der Waals surface area contributed by atoms with Crippen molar-refractivity contribution in [2.24, 2.45) is 10.4 Å². The number of aliphatic hydroxyl groups is 1. The number of aryl methyl sites for hydroxylation is 2. The summed E-state index contributed by atoms with van der Waals surface area (Å²) in [6.07, 6.45) is 2.13. The van der Waals surface area contributed by atoms with E-state index in [-0.39, 0.29) is 51.0 Å². The van der Waals surface area contributed by atoms with Gasteiger partial charge >= 0.3 is 0 Å². The van der Waals surface area contributed by atoms with Crippen LogP contribution in [-0.2, 0) is 35.2 Å². The third kappa shape index (κ3) is 13.3. The Morgan fingerprint density at radius 2 is 1.59 bits per heavy atom. The van der Waals surface area contributed by atoms with E-state index in [4.69, 9.17) is 30.8 Å². The Morgan fingerprint density at radius 1 is 0.892 bits per heavy atom. The van der Waals surface area contributed by atoms with Gasteiger partial charge in [-0.15, -0.1) is 32.9 Å². The van der Waals surface area contributed by atoms with Crippen LogP contribution in [-0.4, -0.2) is 117 Å². The van der Waals surface area contributed by atoms with Gasteiger partial charge in [-0.05, 0) is 85.7 Å². The summed E-state index contributed by atoms with van der Waals surface area (Å²) < 4.78 is 19.2. The second-order valence-electron chi connectivity index (χ2n) is 19.5. The number of thiophene rings is 1. The molecule has 1 saturated heterocycles. The van der Waals surface area contributed by atoms with Crippen LogP contribution in [0.15, 0.2) is 89.6 Å². The fourth-order valence-electron chi connectivity index (χ4n) is 8.81. The SMILES string of the molecule is Cc1ncsc1-c1ccc(CNC(=O)[C@@H]2C[C@@H](O)CN2C(=O)[C@@H](NC(=O)COCCCOCCCOc2ccc(NC(=O)CC3N=C(c4ccc(Cl)cc4)c4c(sc(C)c4C)-n4cnnc43)cc2)C(C)(C)C)cc1. The average molecular weight is 1060 g/mol. The van der Waals surface area contributed by atoms with Gasteiger partial charge in [0.25, 0.3) is 0 Å². The average Bonchev–Trinajstić information content (AvgIpc) is 4.18. The van der Waals surface area contributed by atoms with Crippen LogP contribution in [0.3, 0.4) is 0 Å². The first kappa shape index (κ1) is 53.9. The maximum atomic E-state index is 14.0. The lowest BCUT2D eigenvalue weighted by molar-refractivity contribution is -0.144. The molecule has 17 nitrogen and oxygen atoms in total. The number of ether oxygens (including phenoxy) is 3. The maximum absolute atomic E-state index is 14.0. The number of β-amino-alcohol motifs (C(OH)–C–C–N with tert-alkyl or cyclic N) is 1. The highest BCUT2D eigenvalue weighted by Crippen LogP contribution is 2.39. The van der Waals surface area contributed by atoms with Crippen LogP contribution in [0.1, 0.15) is 91.1 Å². The lowest BCUT2D eigenvalue weighted by atomic mass is 9.85. The monoisotopic (exact) mass is 1060 g/mol. The van der Waals surface area contributed by atoms with Gasteiger partial charge in [-0.25, -0.2) is 4.98 Å². The highest BCUT2D eigenvalue weighted by molar-refractivity contribution is 7.15. The summed E-state index contributed by atoms with van der Waals surface area (Å²) in [5, 5.41) is 29.5. The predicted molar refractivity (Wildman–Crippen MR) is 286 cm³/mol. The molecule has 3 aromatic heterocycles. The molecule has 3 aromatic carbocycles. The Hall–Kier alpha value is -6.35. The molecule has 4 N–H and O–H groups in total. The zero-order chi connectivity index (χ0) is 52.5.